The molecular formula is C15H21NO3. The van der Waals surface area contributed by atoms with E-state index < -0.39 is 0 Å². The number of carbonyl (C=O) groups excluding carboxylic acids is 1. The lowest BCUT2D eigenvalue weighted by Crippen LogP contribution is -2.48. The molecule has 1 aromatic carbocycles. The SMILES string of the molecule is COc1cc(C=O)cc(N2CCOC(C)(C)C2)c1C. The zero-order chi connectivity index (χ0) is 14.0. The van der Waals surface area contributed by atoms with Crippen molar-refractivity contribution >= 4 is 12.0 Å². The van der Waals surface area contributed by atoms with Crippen molar-refractivity contribution in [2.45, 2.75) is 26.4 Å². The first kappa shape index (κ1) is 13.9. The lowest BCUT2D eigenvalue weighted by atomic mass is 10.0. The average molecular weight is 263 g/mol. The topological polar surface area (TPSA) is 38.8 Å². The fraction of sp³-hybridized carbons (Fsp3) is 0.533. The summed E-state index contributed by atoms with van der Waals surface area (Å²) in [7, 11) is 1.63. The van der Waals surface area contributed by atoms with Gasteiger partial charge in [0.15, 0.2) is 0 Å². The summed E-state index contributed by atoms with van der Waals surface area (Å²) in [4.78, 5) is 13.3. The minimum atomic E-state index is -0.172. The molecule has 19 heavy (non-hydrogen) atoms. The van der Waals surface area contributed by atoms with Crippen molar-refractivity contribution in [3.8, 4) is 5.75 Å². The number of morpholine rings is 1. The van der Waals surface area contributed by atoms with Gasteiger partial charge in [-0.1, -0.05) is 0 Å². The van der Waals surface area contributed by atoms with Gasteiger partial charge in [0.1, 0.15) is 12.0 Å². The number of ether oxygens (including phenoxy) is 2. The normalized spacial score (nSPS) is 18.2. The first-order valence-corrected chi connectivity index (χ1v) is 6.49. The summed E-state index contributed by atoms with van der Waals surface area (Å²) in [5, 5.41) is 0. The van der Waals surface area contributed by atoms with Crippen LogP contribution in [0.1, 0.15) is 29.8 Å². The first-order valence-electron chi connectivity index (χ1n) is 6.49. The summed E-state index contributed by atoms with van der Waals surface area (Å²) >= 11 is 0. The van der Waals surface area contributed by atoms with Crippen LogP contribution < -0.4 is 9.64 Å². The summed E-state index contributed by atoms with van der Waals surface area (Å²) in [6.45, 7) is 8.50. The molecule has 4 heteroatoms. The van der Waals surface area contributed by atoms with E-state index in [0.717, 1.165) is 36.4 Å². The van der Waals surface area contributed by atoms with Gasteiger partial charge in [0.25, 0.3) is 0 Å². The van der Waals surface area contributed by atoms with Gasteiger partial charge in [0, 0.05) is 29.9 Å². The highest BCUT2D eigenvalue weighted by Crippen LogP contribution is 2.32. The summed E-state index contributed by atoms with van der Waals surface area (Å²) in [6, 6.07) is 3.70. The number of hydrogen-bond acceptors (Lipinski definition) is 4. The molecule has 0 bridgehead atoms. The Hall–Kier alpha value is -1.55. The first-order chi connectivity index (χ1) is 8.96. The number of methoxy groups -OCH3 is 1. The fourth-order valence-electron chi connectivity index (χ4n) is 2.52. The lowest BCUT2D eigenvalue weighted by Gasteiger charge is -2.40. The summed E-state index contributed by atoms with van der Waals surface area (Å²) in [6.07, 6.45) is 0.858. The van der Waals surface area contributed by atoms with E-state index >= 15 is 0 Å². The number of carbonyl (C=O) groups is 1. The van der Waals surface area contributed by atoms with E-state index in [1.807, 2.05) is 13.0 Å². The highest BCUT2D eigenvalue weighted by Gasteiger charge is 2.28. The third kappa shape index (κ3) is 2.89. The molecule has 0 N–H and O–H groups in total. The van der Waals surface area contributed by atoms with Gasteiger partial charge in [-0.2, -0.15) is 0 Å². The molecule has 104 valence electrons. The number of anilines is 1. The molecule has 0 radical (unpaired) electrons. The molecule has 0 spiro atoms. The van der Waals surface area contributed by atoms with Crippen LogP contribution in [0.15, 0.2) is 12.1 Å². The van der Waals surface area contributed by atoms with Gasteiger partial charge in [-0.05, 0) is 32.9 Å². The van der Waals surface area contributed by atoms with Crippen LogP contribution in [0, 0.1) is 6.92 Å². The molecule has 0 unspecified atom stereocenters. The van der Waals surface area contributed by atoms with Crippen LogP contribution in [-0.2, 0) is 4.74 Å². The molecule has 1 aliphatic heterocycles. The van der Waals surface area contributed by atoms with Gasteiger partial charge < -0.3 is 14.4 Å². The molecule has 0 atom stereocenters. The molecule has 1 aromatic rings. The van der Waals surface area contributed by atoms with Gasteiger partial charge in [-0.25, -0.2) is 0 Å². The Bertz CT molecular complexity index is 483. The third-order valence-electron chi connectivity index (χ3n) is 3.48. The lowest BCUT2D eigenvalue weighted by molar-refractivity contribution is -0.0277. The van der Waals surface area contributed by atoms with Crippen molar-refractivity contribution in [3.63, 3.8) is 0 Å². The van der Waals surface area contributed by atoms with E-state index in [2.05, 4.69) is 18.7 Å². The van der Waals surface area contributed by atoms with Crippen LogP contribution in [0.2, 0.25) is 0 Å². The van der Waals surface area contributed by atoms with E-state index in [1.54, 1.807) is 13.2 Å². The number of nitrogens with zero attached hydrogens (tertiary/aromatic N) is 1. The van der Waals surface area contributed by atoms with E-state index in [1.165, 1.54) is 0 Å². The quantitative estimate of drug-likeness (QED) is 0.785. The van der Waals surface area contributed by atoms with Crippen LogP contribution in [0.5, 0.6) is 5.75 Å². The monoisotopic (exact) mass is 263 g/mol. The number of aldehydes is 1. The van der Waals surface area contributed by atoms with Gasteiger partial charge in [-0.15, -0.1) is 0 Å². The van der Waals surface area contributed by atoms with Gasteiger partial charge in [-0.3, -0.25) is 4.79 Å². The van der Waals surface area contributed by atoms with Crippen LogP contribution >= 0.6 is 0 Å². The van der Waals surface area contributed by atoms with Crippen molar-refractivity contribution in [2.24, 2.45) is 0 Å². The Morgan fingerprint density at radius 1 is 1.42 bits per heavy atom. The smallest absolute Gasteiger partial charge is 0.150 e. The Kier molecular flexibility index (Phi) is 3.80. The average Bonchev–Trinajstić information content (AvgIpc) is 2.38. The second-order valence-corrected chi connectivity index (χ2v) is 5.51. The molecule has 0 saturated carbocycles. The largest absolute Gasteiger partial charge is 0.496 e. The standard InChI is InChI=1S/C15H21NO3/c1-11-13(7-12(9-17)8-14(11)18-4)16-5-6-19-15(2,3)10-16/h7-9H,5-6,10H2,1-4H3. The van der Waals surface area contributed by atoms with Crippen LogP contribution in [0.25, 0.3) is 0 Å². The predicted octanol–water partition coefficient (Wildman–Crippen LogP) is 2.43. The third-order valence-corrected chi connectivity index (χ3v) is 3.48. The van der Waals surface area contributed by atoms with Gasteiger partial charge >= 0.3 is 0 Å². The van der Waals surface area contributed by atoms with E-state index in [4.69, 9.17) is 9.47 Å². The molecule has 2 rings (SSSR count). The summed E-state index contributed by atoms with van der Waals surface area (Å²) < 4.78 is 11.1. The second-order valence-electron chi connectivity index (χ2n) is 5.51. The number of benzene rings is 1. The second kappa shape index (κ2) is 5.21. The molecule has 1 fully saturated rings. The minimum absolute atomic E-state index is 0.172. The van der Waals surface area contributed by atoms with Crippen LogP contribution in [0.3, 0.4) is 0 Å². The maximum absolute atomic E-state index is 11.0. The van der Waals surface area contributed by atoms with E-state index in [-0.39, 0.29) is 5.60 Å². The van der Waals surface area contributed by atoms with Gasteiger partial charge in [0.05, 0.1) is 19.3 Å². The zero-order valence-electron chi connectivity index (χ0n) is 12.0. The van der Waals surface area contributed by atoms with Crippen LogP contribution in [0.4, 0.5) is 5.69 Å². The molecule has 0 amide bonds. The van der Waals surface area contributed by atoms with Crippen molar-refractivity contribution in [1.82, 2.24) is 0 Å². The van der Waals surface area contributed by atoms with Gasteiger partial charge in [0.2, 0.25) is 0 Å². The zero-order valence-corrected chi connectivity index (χ0v) is 12.0. The maximum atomic E-state index is 11.0. The Balaban J connectivity index is 2.40. The molecular weight excluding hydrogens is 242 g/mol. The van der Waals surface area contributed by atoms with E-state index in [9.17, 15) is 4.79 Å². The van der Waals surface area contributed by atoms with Crippen molar-refractivity contribution in [3.05, 3.63) is 23.3 Å². The molecule has 0 aliphatic carbocycles. The Morgan fingerprint density at radius 3 is 2.74 bits per heavy atom. The summed E-state index contributed by atoms with van der Waals surface area (Å²) in [5.41, 5.74) is 2.58. The molecule has 1 heterocycles. The highest BCUT2D eigenvalue weighted by molar-refractivity contribution is 5.80. The molecule has 0 aromatic heterocycles. The van der Waals surface area contributed by atoms with Crippen molar-refractivity contribution in [1.29, 1.82) is 0 Å². The number of hydrogen-bond donors (Lipinski definition) is 0. The number of rotatable bonds is 3. The fourth-order valence-corrected chi connectivity index (χ4v) is 2.52. The Morgan fingerprint density at radius 2 is 2.16 bits per heavy atom. The van der Waals surface area contributed by atoms with E-state index in [0.29, 0.717) is 12.2 Å². The molecule has 4 nitrogen and oxygen atoms in total. The van der Waals surface area contributed by atoms with Crippen molar-refractivity contribution in [2.75, 3.05) is 31.7 Å². The predicted molar refractivity (Wildman–Crippen MR) is 75.4 cm³/mol. The van der Waals surface area contributed by atoms with Crippen LogP contribution in [-0.4, -0.2) is 38.7 Å². The molecule has 1 aliphatic rings. The summed E-state index contributed by atoms with van der Waals surface area (Å²) in [5.74, 6) is 0.754. The van der Waals surface area contributed by atoms with Crippen molar-refractivity contribution < 1.29 is 14.3 Å². The maximum Gasteiger partial charge on any atom is 0.150 e. The minimum Gasteiger partial charge on any atom is -0.496 e. The Labute approximate surface area is 114 Å². The highest BCUT2D eigenvalue weighted by atomic mass is 16.5. The molecule has 1 saturated heterocycles.